The molecule has 3 nitrogen and oxygen atoms in total. The minimum atomic E-state index is -0.00624. The predicted molar refractivity (Wildman–Crippen MR) is 50.7 cm³/mol. The minimum Gasteiger partial charge on any atom is -0.290 e. The monoisotopic (exact) mass is 182 g/mol. The number of ketones is 1. The zero-order valence-electron chi connectivity index (χ0n) is 7.27. The second-order valence-corrected chi connectivity index (χ2v) is 3.18. The molecule has 2 heterocycles. The molecule has 1 aromatic heterocycles. The lowest BCUT2D eigenvalue weighted by molar-refractivity contribution is -0.110. The summed E-state index contributed by atoms with van der Waals surface area (Å²) in [4.78, 5) is 19.4. The SMILES string of the molecule is O=C1C=CC2=c3ccncc3=NC2=C1. The molecule has 66 valence electrons. The van der Waals surface area contributed by atoms with Gasteiger partial charge in [-0.2, -0.15) is 0 Å². The molecule has 0 spiro atoms. The highest BCUT2D eigenvalue weighted by atomic mass is 16.1. The number of fused-ring (bicyclic) bond motifs is 2. The van der Waals surface area contributed by atoms with Gasteiger partial charge in [0.05, 0.1) is 17.3 Å². The number of hydrogen-bond acceptors (Lipinski definition) is 3. The molecular formula is C11H6N2O. The van der Waals surface area contributed by atoms with Gasteiger partial charge in [-0.1, -0.05) is 0 Å². The molecule has 0 radical (unpaired) electrons. The molecule has 0 amide bonds. The Bertz CT molecular complexity index is 608. The quantitative estimate of drug-likeness (QED) is 0.561. The Kier molecular flexibility index (Phi) is 1.31. The third-order valence-electron chi connectivity index (χ3n) is 2.30. The molecule has 1 aromatic rings. The van der Waals surface area contributed by atoms with Gasteiger partial charge in [0.2, 0.25) is 0 Å². The molecule has 3 heteroatoms. The van der Waals surface area contributed by atoms with Crippen molar-refractivity contribution in [3.63, 3.8) is 0 Å². The summed E-state index contributed by atoms with van der Waals surface area (Å²) in [6.07, 6.45) is 8.36. The van der Waals surface area contributed by atoms with E-state index in [0.29, 0.717) is 0 Å². The van der Waals surface area contributed by atoms with Crippen LogP contribution in [0.5, 0.6) is 0 Å². The first kappa shape index (κ1) is 7.38. The first-order valence-electron chi connectivity index (χ1n) is 4.32. The zero-order valence-corrected chi connectivity index (χ0v) is 7.27. The lowest BCUT2D eigenvalue weighted by Crippen LogP contribution is -2.22. The maximum Gasteiger partial charge on any atom is 0.180 e. The first-order valence-corrected chi connectivity index (χ1v) is 4.32. The number of nitrogens with zero attached hydrogens (tertiary/aromatic N) is 2. The minimum absolute atomic E-state index is 0.00624. The van der Waals surface area contributed by atoms with Gasteiger partial charge in [0.25, 0.3) is 0 Å². The van der Waals surface area contributed by atoms with E-state index in [1.807, 2.05) is 12.1 Å². The van der Waals surface area contributed by atoms with Crippen molar-refractivity contribution in [1.82, 2.24) is 4.98 Å². The molecule has 0 atom stereocenters. The third-order valence-corrected chi connectivity index (χ3v) is 2.30. The lowest BCUT2D eigenvalue weighted by Gasteiger charge is -2.00. The molecule has 0 fully saturated rings. The molecule has 0 saturated carbocycles. The number of pyridine rings is 1. The average molecular weight is 182 g/mol. The Morgan fingerprint density at radius 1 is 1.21 bits per heavy atom. The maximum absolute atomic E-state index is 11.1. The van der Waals surface area contributed by atoms with Crippen molar-refractivity contribution in [1.29, 1.82) is 0 Å². The molecule has 2 aliphatic rings. The standard InChI is InChI=1S/C11H6N2O/c14-7-1-2-8-9-3-4-12-6-11(9)13-10(8)5-7/h1-6H. The van der Waals surface area contributed by atoms with Gasteiger partial charge in [-0.05, 0) is 18.2 Å². The van der Waals surface area contributed by atoms with Gasteiger partial charge in [-0.25, -0.2) is 4.99 Å². The number of carbonyl (C=O) groups excluding carboxylic acids is 1. The largest absolute Gasteiger partial charge is 0.290 e. The second kappa shape index (κ2) is 2.48. The fraction of sp³-hybridized carbons (Fsp3) is 0. The lowest BCUT2D eigenvalue weighted by atomic mass is 10.1. The molecule has 0 bridgehead atoms. The van der Waals surface area contributed by atoms with Crippen molar-refractivity contribution in [2.24, 2.45) is 4.99 Å². The number of allylic oxidation sites excluding steroid dienone is 3. The molecule has 14 heavy (non-hydrogen) atoms. The van der Waals surface area contributed by atoms with Gasteiger partial charge < -0.3 is 0 Å². The third kappa shape index (κ3) is 0.893. The van der Waals surface area contributed by atoms with E-state index in [-0.39, 0.29) is 5.78 Å². The Morgan fingerprint density at radius 2 is 2.14 bits per heavy atom. The normalized spacial score (nSPS) is 17.3. The van der Waals surface area contributed by atoms with Crippen LogP contribution in [-0.2, 0) is 4.79 Å². The maximum atomic E-state index is 11.1. The number of carbonyl (C=O) groups is 1. The van der Waals surface area contributed by atoms with Crippen LogP contribution in [0.15, 0.2) is 47.4 Å². The van der Waals surface area contributed by atoms with Crippen LogP contribution in [-0.4, -0.2) is 10.8 Å². The van der Waals surface area contributed by atoms with Gasteiger partial charge in [0, 0.05) is 23.1 Å². The van der Waals surface area contributed by atoms with E-state index in [0.717, 1.165) is 21.8 Å². The van der Waals surface area contributed by atoms with E-state index in [1.54, 1.807) is 24.5 Å². The predicted octanol–water partition coefficient (Wildman–Crippen LogP) is -0.112. The van der Waals surface area contributed by atoms with E-state index in [1.165, 1.54) is 0 Å². The van der Waals surface area contributed by atoms with E-state index in [9.17, 15) is 4.79 Å². The molecule has 3 rings (SSSR count). The van der Waals surface area contributed by atoms with E-state index in [2.05, 4.69) is 9.98 Å². The summed E-state index contributed by atoms with van der Waals surface area (Å²) >= 11 is 0. The average Bonchev–Trinajstić information content (AvgIpc) is 2.54. The highest BCUT2D eigenvalue weighted by Gasteiger charge is 2.14. The Hall–Kier alpha value is -2.03. The van der Waals surface area contributed by atoms with Crippen LogP contribution < -0.4 is 10.6 Å². The summed E-state index contributed by atoms with van der Waals surface area (Å²) in [6, 6.07) is 1.91. The Labute approximate surface area is 79.8 Å². The van der Waals surface area contributed by atoms with Crippen molar-refractivity contribution in [2.45, 2.75) is 0 Å². The molecule has 1 aliphatic heterocycles. The van der Waals surface area contributed by atoms with Crippen molar-refractivity contribution < 1.29 is 4.79 Å². The van der Waals surface area contributed by atoms with Gasteiger partial charge in [0.1, 0.15) is 0 Å². The molecule has 0 unspecified atom stereocenters. The number of rotatable bonds is 0. The molecule has 1 aliphatic carbocycles. The van der Waals surface area contributed by atoms with Crippen molar-refractivity contribution in [3.05, 3.63) is 53.0 Å². The second-order valence-electron chi connectivity index (χ2n) is 3.18. The van der Waals surface area contributed by atoms with Crippen LogP contribution in [0, 0.1) is 0 Å². The summed E-state index contributed by atoms with van der Waals surface area (Å²) in [7, 11) is 0. The van der Waals surface area contributed by atoms with Gasteiger partial charge in [0.15, 0.2) is 5.78 Å². The Morgan fingerprint density at radius 3 is 3.07 bits per heavy atom. The van der Waals surface area contributed by atoms with Crippen LogP contribution in [0.25, 0.3) is 5.57 Å². The topological polar surface area (TPSA) is 42.3 Å². The van der Waals surface area contributed by atoms with E-state index >= 15 is 0 Å². The van der Waals surface area contributed by atoms with Crippen molar-refractivity contribution >= 4 is 11.4 Å². The summed E-state index contributed by atoms with van der Waals surface area (Å²) in [6.45, 7) is 0. The number of aromatic nitrogens is 1. The zero-order chi connectivity index (χ0) is 9.54. The van der Waals surface area contributed by atoms with E-state index in [4.69, 9.17) is 0 Å². The van der Waals surface area contributed by atoms with Crippen LogP contribution in [0.4, 0.5) is 0 Å². The molecule has 0 aromatic carbocycles. The fourth-order valence-corrected chi connectivity index (χ4v) is 1.66. The van der Waals surface area contributed by atoms with Gasteiger partial charge in [-0.3, -0.25) is 9.78 Å². The Balaban J connectivity index is 2.45. The van der Waals surface area contributed by atoms with E-state index < -0.39 is 0 Å². The van der Waals surface area contributed by atoms with Crippen LogP contribution in [0.1, 0.15) is 0 Å². The van der Waals surface area contributed by atoms with Crippen LogP contribution >= 0.6 is 0 Å². The summed E-state index contributed by atoms with van der Waals surface area (Å²) in [5, 5.41) is 1.89. The fourth-order valence-electron chi connectivity index (χ4n) is 1.66. The highest BCUT2D eigenvalue weighted by molar-refractivity contribution is 6.06. The smallest absolute Gasteiger partial charge is 0.180 e. The summed E-state index contributed by atoms with van der Waals surface area (Å²) in [5.74, 6) is -0.00624. The van der Waals surface area contributed by atoms with Crippen LogP contribution in [0.3, 0.4) is 0 Å². The highest BCUT2D eigenvalue weighted by Crippen LogP contribution is 2.18. The summed E-state index contributed by atoms with van der Waals surface area (Å²) in [5.41, 5.74) is 1.77. The molecular weight excluding hydrogens is 176 g/mol. The van der Waals surface area contributed by atoms with Gasteiger partial charge in [-0.15, -0.1) is 0 Å². The molecule has 0 N–H and O–H groups in total. The van der Waals surface area contributed by atoms with Gasteiger partial charge >= 0.3 is 0 Å². The summed E-state index contributed by atoms with van der Waals surface area (Å²) < 4.78 is 0. The van der Waals surface area contributed by atoms with Crippen LogP contribution in [0.2, 0.25) is 0 Å². The van der Waals surface area contributed by atoms with Crippen molar-refractivity contribution in [3.8, 4) is 0 Å². The van der Waals surface area contributed by atoms with Crippen molar-refractivity contribution in [2.75, 3.05) is 0 Å². The number of hydrogen-bond donors (Lipinski definition) is 0. The first-order chi connectivity index (χ1) is 6.84. The molecule has 0 saturated heterocycles.